The maximum Gasteiger partial charge on any atom is 0.410 e. The van der Waals surface area contributed by atoms with Gasteiger partial charge in [-0.3, -0.25) is 0 Å². The molecule has 0 spiro atoms. The highest BCUT2D eigenvalue weighted by molar-refractivity contribution is 7.89. The van der Waals surface area contributed by atoms with Gasteiger partial charge in [-0.1, -0.05) is 42.8 Å². The number of piperazine rings is 4. The summed E-state index contributed by atoms with van der Waals surface area (Å²) in [4.78, 5) is 73.2. The summed E-state index contributed by atoms with van der Waals surface area (Å²) in [5.74, 6) is -0.479. The monoisotopic (exact) mass is 1880 g/mol. The smallest absolute Gasteiger partial charge is 0.410 e. The number of H-pyrrole nitrogens is 1. The quantitative estimate of drug-likeness (QED) is 0.0302. The number of hydrogen-bond donors (Lipinski definition) is 7. The number of anilines is 4. The van der Waals surface area contributed by atoms with Gasteiger partial charge in [-0.05, 0) is 153 Å². The molecule has 2 aromatic carbocycles. The molecule has 0 atom stereocenters. The molecule has 0 radical (unpaired) electrons. The van der Waals surface area contributed by atoms with Crippen molar-refractivity contribution in [3.05, 3.63) is 196 Å². The summed E-state index contributed by atoms with van der Waals surface area (Å²) in [5.41, 5.74) is 2.81. The number of pyridine rings is 8. The minimum absolute atomic E-state index is 0. The van der Waals surface area contributed by atoms with Crippen LogP contribution in [0.5, 0.6) is 0 Å². The van der Waals surface area contributed by atoms with Gasteiger partial charge in [-0.2, -0.15) is 23.1 Å². The number of nitrogens with one attached hydrogen (secondary N) is 5. The lowest BCUT2D eigenvalue weighted by molar-refractivity contribution is 0.0183. The first-order valence-electron chi connectivity index (χ1n) is 40.1. The van der Waals surface area contributed by atoms with Crippen molar-refractivity contribution in [2.45, 2.75) is 115 Å². The Morgan fingerprint density at radius 3 is 1.16 bits per heavy atom. The molecule has 4 fully saturated rings. The molecule has 44 heteroatoms. The molecule has 4 aliphatic heterocycles. The highest BCUT2D eigenvalue weighted by Gasteiger charge is 2.36. The number of aromatic amines is 1. The lowest BCUT2D eigenvalue weighted by Crippen LogP contribution is -2.51. The molecule has 128 heavy (non-hydrogen) atoms. The number of nitrogens with zero attached hydrogens (tertiary/aromatic N) is 17. The minimum Gasteiger partial charge on any atom is -0.444 e. The zero-order valence-corrected chi connectivity index (χ0v) is 75.6. The molecule has 0 bridgehead atoms. The Bertz CT molecular complexity index is 6400. The van der Waals surface area contributed by atoms with Crippen LogP contribution < -0.4 is 21.3 Å². The summed E-state index contributed by atoms with van der Waals surface area (Å²) in [7, 11) is -11.4. The second kappa shape index (κ2) is 41.9. The van der Waals surface area contributed by atoms with Crippen molar-refractivity contribution >= 4 is 150 Å². The Morgan fingerprint density at radius 2 is 0.789 bits per heavy atom. The van der Waals surface area contributed by atoms with Gasteiger partial charge in [0.2, 0.25) is 0 Å². The van der Waals surface area contributed by atoms with Crippen LogP contribution in [0.3, 0.4) is 0 Å². The van der Waals surface area contributed by atoms with E-state index in [9.17, 15) is 53.5 Å². The highest BCUT2D eigenvalue weighted by Crippen LogP contribution is 2.30. The molecule has 0 unspecified atom stereocenters. The predicted molar refractivity (Wildman–Crippen MR) is 483 cm³/mol. The van der Waals surface area contributed by atoms with E-state index >= 15 is 0 Å². The third kappa shape index (κ3) is 25.8. The van der Waals surface area contributed by atoms with E-state index in [-0.39, 0.29) is 122 Å². The molecule has 10 aromatic heterocycles. The van der Waals surface area contributed by atoms with Crippen LogP contribution in [0.4, 0.5) is 46.2 Å². The van der Waals surface area contributed by atoms with Crippen LogP contribution in [0.25, 0.3) is 55.0 Å². The van der Waals surface area contributed by atoms with Crippen molar-refractivity contribution in [3.8, 4) is 11.4 Å². The largest absolute Gasteiger partial charge is 0.444 e. The molecule has 16 rings (SSSR count). The van der Waals surface area contributed by atoms with Crippen LogP contribution in [0, 0.1) is 16.3 Å². The number of carbonyl (C=O) groups is 3. The fourth-order valence-electron chi connectivity index (χ4n) is 12.8. The van der Waals surface area contributed by atoms with Gasteiger partial charge in [0.25, 0.3) is 30.1 Å². The Morgan fingerprint density at radius 1 is 0.445 bits per heavy atom. The molecule has 0 saturated carbocycles. The first kappa shape index (κ1) is 97.4. The van der Waals surface area contributed by atoms with Crippen molar-refractivity contribution in [2.75, 3.05) is 115 Å². The topological polar surface area (TPSA) is 431 Å². The van der Waals surface area contributed by atoms with Crippen molar-refractivity contribution < 1.29 is 72.8 Å². The van der Waals surface area contributed by atoms with Gasteiger partial charge < -0.3 is 65.4 Å². The van der Waals surface area contributed by atoms with Gasteiger partial charge >= 0.3 is 18.3 Å². The molecule has 36 nitrogen and oxygen atoms in total. The van der Waals surface area contributed by atoms with Crippen LogP contribution in [0.1, 0.15) is 81.1 Å². The molecule has 12 aromatic rings. The molecule has 4 aliphatic rings. The standard InChI is InChI=1S/C27H30FN7O5S.C22H22FN7O3S.C17H21ClN4O4S.C9H18N2O2.C8H5ClN2S.CH4/c1-27(2,3)40-26(37)33-10-12-34(13-11-33)41(38,39)25-7-4-18-16-29-24(15-23(18)31-25)30-22-6-5-20(14-21(22)28)35-9-8-19(17-36)32-35;23-18-11-17(30-8-5-16(14-31)28-30)2-3-19(18)26-21-12-20-15(13-25-21)1-4-22(27-20)34(32,33)29-9-6-24-7-10-29;1-17(2,3)26-16(23)21-6-8-22(9-7-21)27(24,25)15-5-4-12-11-19-14(18)10-13(12)20-15;1-9(2,3)13-8(12)11-6-4-10-5-7-11;9-7-3-6-5(4-10-7)1-2-8(12)11-6;/h4-9,14-16,36H,10-13,17H2,1-3H3,(H,29,30);1-5,8,11-13,24,31H,6-7,9-10,14H2,(H,25,26);4-5,10-11H,6-9H2,1-3H3;10H,4-7H2,1-3H3;1-4H,(H,11,12);1H4. The number of benzene rings is 2. The normalized spacial score (nSPS) is 15.1. The predicted octanol–water partition coefficient (Wildman–Crippen LogP) is 12.1. The highest BCUT2D eigenvalue weighted by atomic mass is 35.5. The minimum atomic E-state index is -3.93. The van der Waals surface area contributed by atoms with E-state index in [1.54, 1.807) is 144 Å². The Kier molecular flexibility index (Phi) is 31.9. The van der Waals surface area contributed by atoms with E-state index in [1.807, 2.05) is 32.9 Å². The first-order chi connectivity index (χ1) is 60.2. The number of carbonyl (C=O) groups excluding carboxylic acids is 3. The first-order valence-corrected chi connectivity index (χ1v) is 45.6. The lowest BCUT2D eigenvalue weighted by atomic mass is 10.2. The van der Waals surface area contributed by atoms with Gasteiger partial charge in [0.05, 0.1) is 69.4 Å². The fourth-order valence-corrected chi connectivity index (χ4v) is 17.4. The number of rotatable bonds is 14. The Labute approximate surface area is 754 Å². The van der Waals surface area contributed by atoms with Gasteiger partial charge in [-0.15, -0.1) is 0 Å². The summed E-state index contributed by atoms with van der Waals surface area (Å²) in [6.45, 7) is 22.6. The molecule has 7 N–H and O–H groups in total. The summed E-state index contributed by atoms with van der Waals surface area (Å²) in [6, 6.07) is 31.7. The van der Waals surface area contributed by atoms with E-state index in [0.717, 1.165) is 37.1 Å². The average molecular weight is 1880 g/mol. The summed E-state index contributed by atoms with van der Waals surface area (Å²) >= 11 is 16.5. The van der Waals surface area contributed by atoms with E-state index in [0.29, 0.717) is 97.3 Å². The molecular weight excluding hydrogens is 1780 g/mol. The number of ether oxygens (including phenoxy) is 3. The van der Waals surface area contributed by atoms with Crippen LogP contribution in [0.15, 0.2) is 174 Å². The van der Waals surface area contributed by atoms with E-state index in [1.165, 1.54) is 80.7 Å². The van der Waals surface area contributed by atoms with Crippen LogP contribution >= 0.6 is 35.4 Å². The molecular formula is C84H100Cl2F2N22O14S4. The van der Waals surface area contributed by atoms with Crippen molar-refractivity contribution in [1.82, 2.24) is 97.7 Å². The maximum atomic E-state index is 14.9. The molecule has 14 heterocycles. The number of amides is 3. The second-order valence-corrected chi connectivity index (χ2v) is 39.0. The third-order valence-corrected chi connectivity index (χ3v) is 25.2. The molecule has 4 saturated heterocycles. The number of hydrogen-bond acceptors (Lipinski definition) is 28. The third-order valence-electron chi connectivity index (χ3n) is 19.2. The number of aromatic nitrogens is 12. The van der Waals surface area contributed by atoms with Gasteiger partial charge in [0.1, 0.15) is 55.0 Å². The van der Waals surface area contributed by atoms with E-state index in [2.05, 4.69) is 71.3 Å². The molecule has 3 amide bonds. The van der Waals surface area contributed by atoms with Crippen LogP contribution in [-0.2, 0) is 57.5 Å². The van der Waals surface area contributed by atoms with Crippen molar-refractivity contribution in [3.63, 3.8) is 0 Å². The number of fused-ring (bicyclic) bond motifs is 4. The summed E-state index contributed by atoms with van der Waals surface area (Å²) < 4.78 is 132. The summed E-state index contributed by atoms with van der Waals surface area (Å²) in [6.07, 6.45) is 8.47. The van der Waals surface area contributed by atoms with Crippen molar-refractivity contribution in [1.29, 1.82) is 0 Å². The van der Waals surface area contributed by atoms with Gasteiger partial charge in [-0.25, -0.2) is 92.7 Å². The number of sulfonamides is 3. The molecule has 682 valence electrons. The van der Waals surface area contributed by atoms with E-state index < -0.39 is 65.1 Å². The maximum absolute atomic E-state index is 14.9. The Balaban J connectivity index is 0.000000165. The van der Waals surface area contributed by atoms with Crippen LogP contribution in [-0.4, -0.2) is 262 Å². The second-order valence-electron chi connectivity index (χ2n) is 32.1. The van der Waals surface area contributed by atoms with Crippen molar-refractivity contribution in [2.24, 2.45) is 0 Å². The summed E-state index contributed by atoms with van der Waals surface area (Å²) in [5, 5.41) is 42.3. The number of aliphatic hydroxyl groups excluding tert-OH is 2. The zero-order chi connectivity index (χ0) is 91.3. The van der Waals surface area contributed by atoms with E-state index in [4.69, 9.17) is 54.7 Å². The SMILES string of the molecule is C.CC(C)(C)OC(=O)N1CCN(S(=O)(=O)c2ccc3cnc(Cl)cc3n2)CC1.CC(C)(C)OC(=O)N1CCN(S(=O)(=O)c2ccc3cnc(Nc4ccc(-n5ccc(CO)n5)cc4F)cc3n2)CC1.CC(C)(C)OC(=O)N1CCNCC1.O=S(=O)(c1ccc2cnc(Nc3ccc(-n4ccc(CO)n4)cc3F)cc2n1)N1CCNCC1.S=c1ccc2cnc(Cl)cc2[nH]1. The molecule has 0 aliphatic carbocycles. The zero-order valence-electron chi connectivity index (χ0n) is 70.8. The number of halogens is 4. The fraction of sp³-hybridized carbons (Fsp3) is 0.369. The Hall–Kier alpha value is -11.3. The average Bonchev–Trinajstić information content (AvgIpc) is 1.31. The lowest BCUT2D eigenvalue weighted by Gasteiger charge is -2.34. The van der Waals surface area contributed by atoms with Crippen LogP contribution in [0.2, 0.25) is 10.3 Å². The number of aliphatic hydroxyl groups is 2. The van der Waals surface area contributed by atoms with Gasteiger partial charge in [0, 0.05) is 194 Å². The van der Waals surface area contributed by atoms with Gasteiger partial charge in [0.15, 0.2) is 15.1 Å².